The van der Waals surface area contributed by atoms with E-state index in [0.717, 1.165) is 0 Å². The first-order valence-corrected chi connectivity index (χ1v) is 4.88. The van der Waals surface area contributed by atoms with Crippen LogP contribution in [0.15, 0.2) is 0 Å². The van der Waals surface area contributed by atoms with E-state index in [0.29, 0.717) is 0 Å². The lowest BCUT2D eigenvalue weighted by molar-refractivity contribution is -0.0423. The van der Waals surface area contributed by atoms with E-state index in [1.54, 1.807) is 0 Å². The molecule has 0 fully saturated rings. The van der Waals surface area contributed by atoms with Crippen molar-refractivity contribution in [1.82, 2.24) is 0 Å². The molecule has 10 heavy (non-hydrogen) atoms. The standard InChI is InChI=1S/C2H2F6P2/c3-1(4,5)9-10-2(6,7)8/h9-10H. The molecule has 0 amide bonds. The van der Waals surface area contributed by atoms with Crippen molar-refractivity contribution >= 4 is 16.5 Å². The minimum atomic E-state index is -4.67. The highest BCUT2D eigenvalue weighted by molar-refractivity contribution is 8.12. The molecule has 2 unspecified atom stereocenters. The summed E-state index contributed by atoms with van der Waals surface area (Å²) in [6.07, 6.45) is 0. The van der Waals surface area contributed by atoms with Gasteiger partial charge in [-0.15, -0.1) is 0 Å². The van der Waals surface area contributed by atoms with Crippen molar-refractivity contribution in [2.45, 2.75) is 11.8 Å². The van der Waals surface area contributed by atoms with Gasteiger partial charge in [0.15, 0.2) is 0 Å². The lowest BCUT2D eigenvalue weighted by atomic mass is 11.6. The Morgan fingerprint density at radius 3 is 0.900 bits per heavy atom. The topological polar surface area (TPSA) is 0 Å². The smallest absolute Gasteiger partial charge is 0.167 e. The molecule has 0 heterocycles. The zero-order chi connectivity index (χ0) is 8.41. The first kappa shape index (κ1) is 10.4. The number of hydrogen-bond acceptors (Lipinski definition) is 0. The first-order valence-electron chi connectivity index (χ1n) is 1.88. The highest BCUT2D eigenvalue weighted by Crippen LogP contribution is 2.58. The monoisotopic (exact) mass is 202 g/mol. The summed E-state index contributed by atoms with van der Waals surface area (Å²) in [5.41, 5.74) is 0. The Kier molecular flexibility index (Phi) is 3.37. The third-order valence-corrected chi connectivity index (χ3v) is 3.11. The molecule has 0 saturated carbocycles. The molecule has 0 aliphatic rings. The average molecular weight is 202 g/mol. The van der Waals surface area contributed by atoms with Crippen LogP contribution in [0.5, 0.6) is 0 Å². The van der Waals surface area contributed by atoms with Crippen molar-refractivity contribution in [2.75, 3.05) is 0 Å². The third kappa shape index (κ3) is 8.44. The second kappa shape index (κ2) is 3.22. The fourth-order valence-corrected chi connectivity index (χ4v) is 1.28. The van der Waals surface area contributed by atoms with E-state index in [9.17, 15) is 26.3 Å². The maximum atomic E-state index is 11.1. The van der Waals surface area contributed by atoms with Gasteiger partial charge in [-0.3, -0.25) is 0 Å². The van der Waals surface area contributed by atoms with Gasteiger partial charge in [0.1, 0.15) is 0 Å². The van der Waals surface area contributed by atoms with Crippen molar-refractivity contribution < 1.29 is 26.3 Å². The summed E-state index contributed by atoms with van der Waals surface area (Å²) in [7, 11) is -4.01. The van der Waals surface area contributed by atoms with Crippen LogP contribution in [-0.2, 0) is 0 Å². The largest absolute Gasteiger partial charge is 0.406 e. The third-order valence-electron chi connectivity index (χ3n) is 0.346. The first-order chi connectivity index (χ1) is 4.21. The van der Waals surface area contributed by atoms with E-state index >= 15 is 0 Å². The minimum Gasteiger partial charge on any atom is -0.167 e. The van der Waals surface area contributed by atoms with Gasteiger partial charge < -0.3 is 0 Å². The van der Waals surface area contributed by atoms with E-state index in [4.69, 9.17) is 0 Å². The molecule has 0 nitrogen and oxygen atoms in total. The molecule has 2 atom stereocenters. The van der Waals surface area contributed by atoms with Crippen molar-refractivity contribution in [1.29, 1.82) is 0 Å². The van der Waals surface area contributed by atoms with Crippen LogP contribution in [0.4, 0.5) is 26.3 Å². The fraction of sp³-hybridized carbons (Fsp3) is 1.00. The lowest BCUT2D eigenvalue weighted by Crippen LogP contribution is -1.99. The maximum Gasteiger partial charge on any atom is 0.406 e. The van der Waals surface area contributed by atoms with E-state index in [1.807, 2.05) is 0 Å². The van der Waals surface area contributed by atoms with Crippen LogP contribution in [0, 0.1) is 0 Å². The summed E-state index contributed by atoms with van der Waals surface area (Å²) in [5.74, 6) is -9.35. The summed E-state index contributed by atoms with van der Waals surface area (Å²) in [6, 6.07) is 0. The predicted molar refractivity (Wildman–Crippen MR) is 28.7 cm³/mol. The molecule has 0 N–H and O–H groups in total. The minimum absolute atomic E-state index is 2.00. The molecule has 0 bridgehead atoms. The normalized spacial score (nSPS) is 16.2. The molecule has 62 valence electrons. The molecule has 0 aliphatic heterocycles. The van der Waals surface area contributed by atoms with E-state index in [2.05, 4.69) is 0 Å². The molecular formula is C2H2F6P2. The summed E-state index contributed by atoms with van der Waals surface area (Å²) in [5, 5.41) is 0. The SMILES string of the molecule is FC(F)(F)PPC(F)(F)F. The van der Waals surface area contributed by atoms with E-state index in [1.165, 1.54) is 0 Å². The van der Waals surface area contributed by atoms with Crippen molar-refractivity contribution in [3.63, 3.8) is 0 Å². The number of halogens is 6. The molecular weight excluding hydrogens is 200 g/mol. The van der Waals surface area contributed by atoms with Crippen LogP contribution in [0.2, 0.25) is 0 Å². The van der Waals surface area contributed by atoms with Gasteiger partial charge in [0, 0.05) is 16.5 Å². The molecule has 0 aromatic carbocycles. The zero-order valence-electron chi connectivity index (χ0n) is 4.27. The Labute approximate surface area is 55.8 Å². The molecule has 0 aromatic heterocycles. The van der Waals surface area contributed by atoms with Crippen molar-refractivity contribution in [3.05, 3.63) is 0 Å². The number of hydrogen-bond donors (Lipinski definition) is 0. The Hall–Kier alpha value is 0.440. The fourth-order valence-electron chi connectivity index (χ4n) is 0.142. The van der Waals surface area contributed by atoms with Crippen LogP contribution in [0.1, 0.15) is 0 Å². The van der Waals surface area contributed by atoms with Gasteiger partial charge in [-0.2, -0.15) is 26.3 Å². The summed E-state index contributed by atoms with van der Waals surface area (Å²) >= 11 is 0. The lowest BCUT2D eigenvalue weighted by Gasteiger charge is -2.07. The van der Waals surface area contributed by atoms with Gasteiger partial charge >= 0.3 is 11.8 Å². The van der Waals surface area contributed by atoms with Gasteiger partial charge in [0.25, 0.3) is 0 Å². The molecule has 0 aromatic rings. The van der Waals surface area contributed by atoms with Crippen LogP contribution in [0.25, 0.3) is 0 Å². The second-order valence-corrected chi connectivity index (χ2v) is 4.38. The highest BCUT2D eigenvalue weighted by atomic mass is 32.0. The Bertz CT molecular complexity index is 87.3. The van der Waals surface area contributed by atoms with Gasteiger partial charge in [0.2, 0.25) is 0 Å². The average Bonchev–Trinajstić information content (AvgIpc) is 1.57. The van der Waals surface area contributed by atoms with E-state index in [-0.39, 0.29) is 0 Å². The number of rotatable bonds is 1. The summed E-state index contributed by atoms with van der Waals surface area (Å²) < 4.78 is 66.6. The molecule has 0 spiro atoms. The Morgan fingerprint density at radius 2 is 0.800 bits per heavy atom. The highest BCUT2D eigenvalue weighted by Gasteiger charge is 2.36. The zero-order valence-corrected chi connectivity index (χ0v) is 6.27. The van der Waals surface area contributed by atoms with Crippen LogP contribution in [0.3, 0.4) is 0 Å². The van der Waals surface area contributed by atoms with Crippen molar-refractivity contribution in [2.24, 2.45) is 0 Å². The molecule has 0 rings (SSSR count). The van der Waals surface area contributed by atoms with Gasteiger partial charge in [0.05, 0.1) is 0 Å². The second-order valence-electron chi connectivity index (χ2n) is 1.25. The Morgan fingerprint density at radius 1 is 0.600 bits per heavy atom. The predicted octanol–water partition coefficient (Wildman–Crippen LogP) is 3.30. The van der Waals surface area contributed by atoms with Crippen LogP contribution < -0.4 is 0 Å². The van der Waals surface area contributed by atoms with Crippen molar-refractivity contribution in [3.8, 4) is 0 Å². The van der Waals surface area contributed by atoms with Gasteiger partial charge in [-0.1, -0.05) is 0 Å². The van der Waals surface area contributed by atoms with E-state index < -0.39 is 28.4 Å². The number of alkyl halides is 6. The molecule has 0 radical (unpaired) electrons. The van der Waals surface area contributed by atoms with Gasteiger partial charge in [-0.25, -0.2) is 0 Å². The molecule has 0 saturated heterocycles. The van der Waals surface area contributed by atoms with Crippen LogP contribution in [-0.4, -0.2) is 11.8 Å². The van der Waals surface area contributed by atoms with Gasteiger partial charge in [-0.05, 0) is 0 Å². The summed E-state index contributed by atoms with van der Waals surface area (Å²) in [4.78, 5) is 0. The Balaban J connectivity index is 3.56. The molecule has 0 aliphatic carbocycles. The van der Waals surface area contributed by atoms with Crippen LogP contribution >= 0.6 is 16.5 Å². The summed E-state index contributed by atoms with van der Waals surface area (Å²) in [6.45, 7) is 0. The quantitative estimate of drug-likeness (QED) is 0.452. The maximum absolute atomic E-state index is 11.1. The molecule has 8 heteroatoms.